The van der Waals surface area contributed by atoms with Gasteiger partial charge in [0.2, 0.25) is 78.4 Å². The first-order chi connectivity index (χ1) is 58.2. The topological polar surface area (TPSA) is 342 Å². The molecular weight excluding hydrogens is 1540 g/mol. The zero-order chi connectivity index (χ0) is 93.4. The molecule has 34 heteroatoms. The Balaban J connectivity index is 0.000000245. The third kappa shape index (κ3) is 18.3. The van der Waals surface area contributed by atoms with Crippen LogP contribution in [0.15, 0.2) is 72.8 Å². The summed E-state index contributed by atoms with van der Waals surface area (Å²) in [6.07, 6.45) is -6.99. The Labute approximate surface area is 676 Å². The number of halogens is 6. The number of benzene rings is 2. The van der Waals surface area contributed by atoms with Gasteiger partial charge in [-0.1, -0.05) is 76.3 Å². The third-order valence-electron chi connectivity index (χ3n) is 23.9. The van der Waals surface area contributed by atoms with E-state index in [0.29, 0.717) is 72.9 Å². The standard InChI is InChI=1S/2C40H51F3N4O9S/c2*1-23-11-7-8-12-25-20-39(25,36(51)46-57(52,53)38(5)15-16-38)21-31(48)30-18-26(55-34-28-14-10-9-13-27(28)33(54-6)44-45-34)22-47(30)35(50)29(24(2)17-23)19-32(49)56-37(3,4)40(41,42)43/h2*8-10,12-14,23-26,29-30H,7,11,15-22H2,1-6H3,(H,46,51)/b2*12-8-/t23-,24+,25+,26+,29-,30-,39+;23-,24-,25-,26-,29+,30+,39-/m01/s1/i2*3D3,4D3. The second-order valence-corrected chi connectivity index (χ2v) is 37.0. The van der Waals surface area contributed by atoms with E-state index in [1.54, 1.807) is 74.5 Å². The van der Waals surface area contributed by atoms with E-state index in [1.165, 1.54) is 28.1 Å². The minimum absolute atomic E-state index is 0.00111. The quantitative estimate of drug-likeness (QED) is 0.0531. The van der Waals surface area contributed by atoms with Crippen LogP contribution in [0.5, 0.6) is 23.5 Å². The second-order valence-electron chi connectivity index (χ2n) is 32.6. The maximum absolute atomic E-state index is 15.0. The molecule has 26 nitrogen and oxygen atoms in total. The van der Waals surface area contributed by atoms with Crippen molar-refractivity contribution >= 4 is 88.7 Å². The molecule has 2 aromatic carbocycles. The SMILES string of the molecule is [2H]C([2H])([2H])C(OC(=O)C[C@@H]1C(=O)N2C[C@H](Oc3nnc(OC)c4ccccc34)C[C@H]2C(=O)C[C@]2(C(=O)NS(=O)(=O)C3(C)CC3)C[C@H]2/C=C\CC[C@@H](C)C[C@H]1C)(C([2H])([2H])[2H])C(F)(F)F.[2H]C([2H])([2H])C(OC(=O)C[C@@H]1C(=O)N2C[C@H](Oc3nnc(OC)c4ccccc34)C[C@H]2C(=O)C[C@]2(C(=O)NS(=O)(=O)C3(C)CC3)C[C@H]2/C=C\CC[C@H](C)C[C@H]1C)(C([2H])([2H])[2H])C(F)(F)F. The maximum atomic E-state index is 15.0. The number of aromatic nitrogens is 4. The summed E-state index contributed by atoms with van der Waals surface area (Å²) in [5.41, 5.74) is -12.9. The highest BCUT2D eigenvalue weighted by Crippen LogP contribution is 2.60. The van der Waals surface area contributed by atoms with Gasteiger partial charge in [-0.2, -0.15) is 26.3 Å². The number of carbonyl (C=O) groups excluding carboxylic acids is 8. The Morgan fingerprint density at radius 3 is 1.18 bits per heavy atom. The zero-order valence-electron chi connectivity index (χ0n) is 76.1. The van der Waals surface area contributed by atoms with Gasteiger partial charge in [0.05, 0.1) is 106 Å². The van der Waals surface area contributed by atoms with E-state index in [1.807, 2.05) is 26.0 Å². The molecule has 2 aromatic heterocycles. The molecule has 0 radical (unpaired) electrons. The average molecular weight is 1650 g/mol. The van der Waals surface area contributed by atoms with Crippen LogP contribution in [0.2, 0.25) is 0 Å². The second kappa shape index (κ2) is 32.5. The Morgan fingerprint density at radius 1 is 0.535 bits per heavy atom. The smallest absolute Gasteiger partial charge is 0.427 e. The minimum atomic E-state index is -6.11. The van der Waals surface area contributed by atoms with Crippen LogP contribution in [0.4, 0.5) is 26.3 Å². The van der Waals surface area contributed by atoms with Crippen molar-refractivity contribution in [3.8, 4) is 23.5 Å². The van der Waals surface area contributed by atoms with Crippen LogP contribution in [-0.4, -0.2) is 179 Å². The van der Waals surface area contributed by atoms with Gasteiger partial charge >= 0.3 is 24.3 Å². The van der Waals surface area contributed by atoms with Gasteiger partial charge in [0.1, 0.15) is 12.2 Å². The van der Waals surface area contributed by atoms with Crippen LogP contribution in [0.3, 0.4) is 0 Å². The van der Waals surface area contributed by atoms with Gasteiger partial charge in [0.15, 0.2) is 11.6 Å². The van der Waals surface area contributed by atoms with Crippen LogP contribution >= 0.6 is 0 Å². The summed E-state index contributed by atoms with van der Waals surface area (Å²) in [6, 6.07) is 10.8. The van der Waals surface area contributed by atoms with E-state index in [-0.39, 0.29) is 87.0 Å². The molecule has 4 aromatic rings. The number of ether oxygens (including phenoxy) is 6. The molecular formula is C80H102F6N8O18S2. The number of rotatable bonds is 18. The number of hydrogen-bond donors (Lipinski definition) is 2. The van der Waals surface area contributed by atoms with Crippen molar-refractivity contribution in [3.05, 3.63) is 72.8 Å². The van der Waals surface area contributed by atoms with E-state index in [9.17, 15) is 81.5 Å². The van der Waals surface area contributed by atoms with E-state index < -0.39 is 224 Å². The Hall–Kier alpha value is -8.56. The zero-order valence-corrected chi connectivity index (χ0v) is 65.7. The molecule has 4 aliphatic carbocycles. The van der Waals surface area contributed by atoms with E-state index in [0.717, 1.165) is 9.80 Å². The summed E-state index contributed by atoms with van der Waals surface area (Å²) in [5.74, 6) is -14.7. The van der Waals surface area contributed by atoms with E-state index in [4.69, 9.17) is 35.4 Å². The summed E-state index contributed by atoms with van der Waals surface area (Å²) < 4.78 is 266. The predicted molar refractivity (Wildman–Crippen MR) is 402 cm³/mol. The number of methoxy groups -OCH3 is 2. The summed E-state index contributed by atoms with van der Waals surface area (Å²) in [4.78, 5) is 117. The molecule has 0 unspecified atom stereocenters. The summed E-state index contributed by atoms with van der Waals surface area (Å²) in [5, 5.41) is 18.4. The van der Waals surface area contributed by atoms with Crippen molar-refractivity contribution in [1.29, 1.82) is 0 Å². The largest absolute Gasteiger partial charge is 0.479 e. The summed E-state index contributed by atoms with van der Waals surface area (Å²) in [7, 11) is -5.45. The highest BCUT2D eigenvalue weighted by Gasteiger charge is 2.65. The van der Waals surface area contributed by atoms with Crippen LogP contribution < -0.4 is 28.4 Å². The number of sulfonamides is 2. The Morgan fingerprint density at radius 2 is 0.868 bits per heavy atom. The molecule has 6 heterocycles. The number of Topliss-reactive ketones (excluding diaryl/α,β-unsaturated/α-hetero) is 2. The number of nitrogens with one attached hydrogen (secondary N) is 2. The lowest BCUT2D eigenvalue weighted by Gasteiger charge is -2.33. The number of allylic oxidation sites excluding steroid dienone is 4. The first kappa shape index (κ1) is 70.8. The molecule has 4 aliphatic heterocycles. The van der Waals surface area contributed by atoms with Gasteiger partial charge in [0.25, 0.3) is 0 Å². The molecule has 624 valence electrons. The first-order valence-corrected chi connectivity index (χ1v) is 40.8. The van der Waals surface area contributed by atoms with E-state index in [2.05, 4.69) is 39.3 Å². The highest BCUT2D eigenvalue weighted by atomic mass is 32.2. The van der Waals surface area contributed by atoms with Crippen molar-refractivity contribution in [3.63, 3.8) is 0 Å². The fourth-order valence-electron chi connectivity index (χ4n) is 16.0. The van der Waals surface area contributed by atoms with Gasteiger partial charge in [-0.3, -0.25) is 47.8 Å². The lowest BCUT2D eigenvalue weighted by molar-refractivity contribution is -0.257. The molecule has 114 heavy (non-hydrogen) atoms. The van der Waals surface area contributed by atoms with Gasteiger partial charge in [-0.05, 0) is 178 Å². The van der Waals surface area contributed by atoms with E-state index >= 15 is 0 Å². The number of fused-ring (bicyclic) bond motifs is 6. The fourth-order valence-corrected chi connectivity index (χ4v) is 18.6. The first-order valence-electron chi connectivity index (χ1n) is 43.8. The number of nitrogens with zero attached hydrogens (tertiary/aromatic N) is 6. The minimum Gasteiger partial charge on any atom is -0.479 e. The molecule has 8 aliphatic rings. The summed E-state index contributed by atoms with van der Waals surface area (Å²) >= 11 is 0. The van der Waals surface area contributed by atoms with Gasteiger partial charge in [0, 0.05) is 42.1 Å². The number of alkyl halides is 6. The van der Waals surface area contributed by atoms with Crippen molar-refractivity contribution in [2.24, 2.45) is 58.2 Å². The number of amides is 4. The summed E-state index contributed by atoms with van der Waals surface area (Å²) in [6.45, 7) is -8.58. The van der Waals surface area contributed by atoms with Crippen LogP contribution in [0.25, 0.3) is 21.5 Å². The normalized spacial score (nSPS) is 31.9. The molecule has 4 saturated carbocycles. The maximum Gasteiger partial charge on any atom is 0.427 e. The molecule has 14 atom stereocenters. The Bertz CT molecular complexity index is 4790. The van der Waals surface area contributed by atoms with Crippen LogP contribution in [0, 0.1) is 58.2 Å². The molecule has 2 N–H and O–H groups in total. The number of esters is 2. The van der Waals surface area contributed by atoms with Gasteiger partial charge in [-0.15, -0.1) is 20.4 Å². The number of carbonyl (C=O) groups is 8. The number of hydrogen-bond acceptors (Lipinski definition) is 22. The predicted octanol–water partition coefficient (Wildman–Crippen LogP) is 11.7. The molecule has 4 amide bonds. The molecule has 6 fully saturated rings. The Kier molecular flexibility index (Phi) is 20.2. The van der Waals surface area contributed by atoms with Crippen molar-refractivity contribution in [1.82, 2.24) is 39.6 Å². The lowest BCUT2D eigenvalue weighted by atomic mass is 9.82. The molecule has 0 bridgehead atoms. The van der Waals surface area contributed by atoms with Crippen molar-refractivity contribution in [2.45, 2.75) is 242 Å². The fraction of sp³-hybridized carbons (Fsp3) is 0.650. The number of ketones is 2. The lowest BCUT2D eigenvalue weighted by Crippen LogP contribution is -2.48. The average Bonchev–Trinajstić information content (AvgIpc) is 1.02. The molecule has 2 saturated heterocycles. The highest BCUT2D eigenvalue weighted by molar-refractivity contribution is 7.92. The van der Waals surface area contributed by atoms with Crippen molar-refractivity contribution in [2.75, 3.05) is 27.3 Å². The van der Waals surface area contributed by atoms with Crippen LogP contribution in [-0.2, 0) is 67.9 Å². The monoisotopic (exact) mass is 1650 g/mol. The molecule has 12 rings (SSSR count). The van der Waals surface area contributed by atoms with Gasteiger partial charge < -0.3 is 38.2 Å². The molecule has 0 spiro atoms. The van der Waals surface area contributed by atoms with Gasteiger partial charge in [-0.25, -0.2) is 16.8 Å². The van der Waals surface area contributed by atoms with Crippen LogP contribution in [0.1, 0.15) is 201 Å². The van der Waals surface area contributed by atoms with Crippen molar-refractivity contribution < 1.29 is 126 Å². The third-order valence-corrected chi connectivity index (χ3v) is 28.2.